The zero-order valence-corrected chi connectivity index (χ0v) is 12.8. The van der Waals surface area contributed by atoms with Crippen molar-refractivity contribution in [1.29, 1.82) is 0 Å². The zero-order valence-electron chi connectivity index (χ0n) is 12.8. The van der Waals surface area contributed by atoms with Crippen LogP contribution in [0.4, 0.5) is 0 Å². The third-order valence-corrected chi connectivity index (χ3v) is 4.64. The summed E-state index contributed by atoms with van der Waals surface area (Å²) in [5, 5.41) is 3.04. The molecule has 0 radical (unpaired) electrons. The van der Waals surface area contributed by atoms with Crippen molar-refractivity contribution in [1.82, 2.24) is 10.2 Å². The van der Waals surface area contributed by atoms with Crippen LogP contribution in [-0.2, 0) is 16.1 Å². The lowest BCUT2D eigenvalue weighted by Crippen LogP contribution is -2.41. The molecule has 1 aromatic carbocycles. The topological polar surface area (TPSA) is 41.6 Å². The Hall–Kier alpha value is -1.39. The van der Waals surface area contributed by atoms with Crippen LogP contribution in [0.3, 0.4) is 0 Å². The van der Waals surface area contributed by atoms with Crippen molar-refractivity contribution in [3.63, 3.8) is 0 Å². The zero-order chi connectivity index (χ0) is 14.8. The van der Waals surface area contributed by atoms with Gasteiger partial charge in [-0.05, 0) is 43.4 Å². The van der Waals surface area contributed by atoms with Gasteiger partial charge in [-0.2, -0.15) is 0 Å². The van der Waals surface area contributed by atoms with Crippen LogP contribution in [-0.4, -0.2) is 43.7 Å². The van der Waals surface area contributed by atoms with E-state index in [4.69, 9.17) is 4.74 Å². The maximum Gasteiger partial charge on any atom is 0.237 e. The van der Waals surface area contributed by atoms with E-state index in [9.17, 15) is 4.79 Å². The van der Waals surface area contributed by atoms with Crippen LogP contribution in [0.2, 0.25) is 0 Å². The molecule has 1 saturated heterocycles. The third-order valence-electron chi connectivity index (χ3n) is 4.64. The van der Waals surface area contributed by atoms with Crippen molar-refractivity contribution in [3.05, 3.63) is 35.4 Å². The molecule has 1 N–H and O–H groups in total. The van der Waals surface area contributed by atoms with Crippen molar-refractivity contribution in [2.24, 2.45) is 0 Å². The molecule has 1 aliphatic heterocycles. The van der Waals surface area contributed by atoms with Gasteiger partial charge in [0.15, 0.2) is 0 Å². The number of carbonyl (C=O) groups excluding carboxylic acids is 1. The van der Waals surface area contributed by atoms with Crippen molar-refractivity contribution >= 4 is 5.91 Å². The van der Waals surface area contributed by atoms with Crippen LogP contribution >= 0.6 is 0 Å². The number of ether oxygens (including phenoxy) is 1. The lowest BCUT2D eigenvalue weighted by Gasteiger charge is -2.18. The first-order valence-corrected chi connectivity index (χ1v) is 7.77. The molecular weight excluding hydrogens is 264 g/mol. The van der Waals surface area contributed by atoms with Gasteiger partial charge in [-0.1, -0.05) is 24.3 Å². The molecule has 2 atom stereocenters. The smallest absolute Gasteiger partial charge is 0.237 e. The molecular formula is C17H24N2O2. The number of hydrogen-bond acceptors (Lipinski definition) is 3. The highest BCUT2D eigenvalue weighted by atomic mass is 16.5. The SMILES string of the molecule is CO[C@H]1C[C@@H](C(=O)NCc2ccc(C3CC3)cc2)N(C)C1. The molecule has 0 spiro atoms. The maximum absolute atomic E-state index is 12.3. The molecule has 0 unspecified atom stereocenters. The Kier molecular flexibility index (Phi) is 4.27. The van der Waals surface area contributed by atoms with E-state index in [1.54, 1.807) is 7.11 Å². The van der Waals surface area contributed by atoms with Crippen LogP contribution in [0.5, 0.6) is 0 Å². The summed E-state index contributed by atoms with van der Waals surface area (Å²) in [6.45, 7) is 1.43. The lowest BCUT2D eigenvalue weighted by molar-refractivity contribution is -0.125. The summed E-state index contributed by atoms with van der Waals surface area (Å²) in [4.78, 5) is 14.3. The minimum absolute atomic E-state index is 0.0688. The lowest BCUT2D eigenvalue weighted by atomic mass is 10.1. The first-order chi connectivity index (χ1) is 10.2. The van der Waals surface area contributed by atoms with Gasteiger partial charge in [0.2, 0.25) is 5.91 Å². The summed E-state index contributed by atoms with van der Waals surface area (Å²) in [7, 11) is 3.69. The standard InChI is InChI=1S/C17H24N2O2/c1-19-11-15(21-2)9-16(19)17(20)18-10-12-3-5-13(6-4-12)14-7-8-14/h3-6,14-16H,7-11H2,1-2H3,(H,18,20)/t15-,16-/m0/s1. The molecule has 1 heterocycles. The maximum atomic E-state index is 12.3. The van der Waals surface area contributed by atoms with Gasteiger partial charge in [-0.25, -0.2) is 0 Å². The Labute approximate surface area is 126 Å². The average molecular weight is 288 g/mol. The molecule has 1 saturated carbocycles. The number of benzene rings is 1. The van der Waals surface area contributed by atoms with E-state index in [1.165, 1.54) is 18.4 Å². The van der Waals surface area contributed by atoms with Crippen molar-refractivity contribution in [3.8, 4) is 0 Å². The molecule has 2 aliphatic rings. The van der Waals surface area contributed by atoms with Crippen LogP contribution in [0.1, 0.15) is 36.3 Å². The number of amides is 1. The fourth-order valence-electron chi connectivity index (χ4n) is 3.06. The summed E-state index contributed by atoms with van der Waals surface area (Å²) < 4.78 is 5.34. The van der Waals surface area contributed by atoms with Gasteiger partial charge in [0, 0.05) is 20.2 Å². The van der Waals surface area contributed by atoms with E-state index in [0.29, 0.717) is 6.54 Å². The van der Waals surface area contributed by atoms with E-state index < -0.39 is 0 Å². The van der Waals surface area contributed by atoms with Crippen molar-refractivity contribution in [2.75, 3.05) is 20.7 Å². The highest BCUT2D eigenvalue weighted by Crippen LogP contribution is 2.39. The molecule has 1 aromatic rings. The molecule has 4 heteroatoms. The number of carbonyl (C=O) groups is 1. The summed E-state index contributed by atoms with van der Waals surface area (Å²) >= 11 is 0. The molecule has 2 fully saturated rings. The van der Waals surface area contributed by atoms with Crippen LogP contribution < -0.4 is 5.32 Å². The van der Waals surface area contributed by atoms with Crippen LogP contribution in [0.15, 0.2) is 24.3 Å². The van der Waals surface area contributed by atoms with E-state index in [0.717, 1.165) is 24.4 Å². The summed E-state index contributed by atoms with van der Waals surface area (Å²) in [6.07, 6.45) is 3.60. The molecule has 0 aromatic heterocycles. The fraction of sp³-hybridized carbons (Fsp3) is 0.588. The molecule has 1 amide bonds. The molecule has 0 bridgehead atoms. The average Bonchev–Trinajstić information content (AvgIpc) is 3.28. The number of nitrogens with one attached hydrogen (secondary N) is 1. The Morgan fingerprint density at radius 3 is 2.62 bits per heavy atom. The van der Waals surface area contributed by atoms with Gasteiger partial charge in [0.25, 0.3) is 0 Å². The van der Waals surface area contributed by atoms with Gasteiger partial charge in [0.1, 0.15) is 0 Å². The van der Waals surface area contributed by atoms with Crippen LogP contribution in [0, 0.1) is 0 Å². The van der Waals surface area contributed by atoms with Gasteiger partial charge in [-0.15, -0.1) is 0 Å². The summed E-state index contributed by atoms with van der Waals surface area (Å²) in [6, 6.07) is 8.58. The van der Waals surface area contributed by atoms with Gasteiger partial charge < -0.3 is 10.1 Å². The molecule has 1 aliphatic carbocycles. The minimum Gasteiger partial charge on any atom is -0.380 e. The number of hydrogen-bond donors (Lipinski definition) is 1. The number of nitrogens with zero attached hydrogens (tertiary/aromatic N) is 1. The number of methoxy groups -OCH3 is 1. The predicted octanol–water partition coefficient (Wildman–Crippen LogP) is 1.90. The third kappa shape index (κ3) is 3.44. The highest BCUT2D eigenvalue weighted by Gasteiger charge is 2.34. The Bertz CT molecular complexity index is 496. The molecule has 3 rings (SSSR count). The quantitative estimate of drug-likeness (QED) is 0.900. The Morgan fingerprint density at radius 1 is 1.33 bits per heavy atom. The second-order valence-electron chi connectivity index (χ2n) is 6.28. The monoisotopic (exact) mass is 288 g/mol. The first-order valence-electron chi connectivity index (χ1n) is 7.77. The highest BCUT2D eigenvalue weighted by molar-refractivity contribution is 5.82. The number of rotatable bonds is 5. The molecule has 4 nitrogen and oxygen atoms in total. The van der Waals surface area contributed by atoms with E-state index in [-0.39, 0.29) is 18.1 Å². The van der Waals surface area contributed by atoms with Gasteiger partial charge in [-0.3, -0.25) is 9.69 Å². The van der Waals surface area contributed by atoms with Crippen molar-refractivity contribution in [2.45, 2.75) is 43.9 Å². The molecule has 114 valence electrons. The predicted molar refractivity (Wildman–Crippen MR) is 82.1 cm³/mol. The van der Waals surface area contributed by atoms with E-state index in [1.807, 2.05) is 7.05 Å². The second-order valence-corrected chi connectivity index (χ2v) is 6.28. The molecule has 21 heavy (non-hydrogen) atoms. The minimum atomic E-state index is -0.0688. The number of likely N-dealkylation sites (tertiary alicyclic amines) is 1. The van der Waals surface area contributed by atoms with E-state index in [2.05, 4.69) is 34.5 Å². The van der Waals surface area contributed by atoms with Crippen molar-refractivity contribution < 1.29 is 9.53 Å². The first kappa shape index (κ1) is 14.5. The Morgan fingerprint density at radius 2 is 2.05 bits per heavy atom. The summed E-state index contributed by atoms with van der Waals surface area (Å²) in [5.41, 5.74) is 2.60. The fourth-order valence-corrected chi connectivity index (χ4v) is 3.06. The normalized spacial score (nSPS) is 26.0. The van der Waals surface area contributed by atoms with Gasteiger partial charge >= 0.3 is 0 Å². The summed E-state index contributed by atoms with van der Waals surface area (Å²) in [5.74, 6) is 0.884. The van der Waals surface area contributed by atoms with Crippen LogP contribution in [0.25, 0.3) is 0 Å². The van der Waals surface area contributed by atoms with E-state index >= 15 is 0 Å². The Balaban J connectivity index is 1.51. The number of likely N-dealkylation sites (N-methyl/N-ethyl adjacent to an activating group) is 1. The second kappa shape index (κ2) is 6.16. The van der Waals surface area contributed by atoms with Gasteiger partial charge in [0.05, 0.1) is 12.1 Å². The largest absolute Gasteiger partial charge is 0.380 e.